The van der Waals surface area contributed by atoms with Crippen LogP contribution in [0.25, 0.3) is 0 Å². The van der Waals surface area contributed by atoms with E-state index in [9.17, 15) is 9.59 Å². The fraction of sp³-hybridized carbons (Fsp3) is 0.417. The first-order valence-corrected chi connectivity index (χ1v) is 11.2. The fourth-order valence-electron chi connectivity index (χ4n) is 3.69. The normalized spacial score (nSPS) is 18.8. The standard InChI is InChI=1S/C24H28Cl2N2O4/c1-24(2,3)32-23(30)28-12-11-21(18(14-28)16-7-10-19(25)20(26)13-16)27-22(29)15-5-8-17(31-4)9-6-15/h5-10,13,18,21H,11-12,14H2,1-4H3,(H,27,29)/t18?,21-/m1/s1. The molecule has 8 heteroatoms. The van der Waals surface area contributed by atoms with Crippen LogP contribution in [0.4, 0.5) is 4.79 Å². The number of piperidine rings is 1. The Labute approximate surface area is 198 Å². The molecule has 0 saturated carbocycles. The van der Waals surface area contributed by atoms with Gasteiger partial charge < -0.3 is 19.7 Å². The maximum absolute atomic E-state index is 12.9. The predicted octanol–water partition coefficient (Wildman–Crippen LogP) is 5.53. The van der Waals surface area contributed by atoms with Crippen LogP contribution in [-0.2, 0) is 4.74 Å². The van der Waals surface area contributed by atoms with Crippen molar-refractivity contribution in [1.82, 2.24) is 10.2 Å². The van der Waals surface area contributed by atoms with Crippen LogP contribution in [-0.4, -0.2) is 48.7 Å². The molecular weight excluding hydrogens is 451 g/mol. The molecule has 2 atom stereocenters. The van der Waals surface area contributed by atoms with Crippen molar-refractivity contribution in [2.75, 3.05) is 20.2 Å². The van der Waals surface area contributed by atoms with Gasteiger partial charge in [-0.1, -0.05) is 29.3 Å². The number of nitrogens with one attached hydrogen (secondary N) is 1. The van der Waals surface area contributed by atoms with E-state index in [2.05, 4.69) is 5.32 Å². The third-order valence-corrected chi connectivity index (χ3v) is 6.04. The lowest BCUT2D eigenvalue weighted by molar-refractivity contribution is 0.0177. The van der Waals surface area contributed by atoms with Gasteiger partial charge in [-0.2, -0.15) is 0 Å². The smallest absolute Gasteiger partial charge is 0.410 e. The van der Waals surface area contributed by atoms with Crippen LogP contribution in [0, 0.1) is 0 Å². The van der Waals surface area contributed by atoms with Crippen molar-refractivity contribution < 1.29 is 19.1 Å². The summed E-state index contributed by atoms with van der Waals surface area (Å²) < 4.78 is 10.7. The van der Waals surface area contributed by atoms with Gasteiger partial charge in [0, 0.05) is 30.6 Å². The van der Waals surface area contributed by atoms with E-state index in [1.54, 1.807) is 48.4 Å². The van der Waals surface area contributed by atoms with Crippen molar-refractivity contribution in [3.63, 3.8) is 0 Å². The first kappa shape index (κ1) is 24.2. The average molecular weight is 479 g/mol. The Morgan fingerprint density at radius 2 is 1.75 bits per heavy atom. The van der Waals surface area contributed by atoms with Gasteiger partial charge in [0.25, 0.3) is 5.91 Å². The summed E-state index contributed by atoms with van der Waals surface area (Å²) >= 11 is 12.4. The minimum absolute atomic E-state index is 0.173. The van der Waals surface area contributed by atoms with E-state index in [1.807, 2.05) is 26.8 Å². The summed E-state index contributed by atoms with van der Waals surface area (Å²) in [6.45, 7) is 6.37. The Kier molecular flexibility index (Phi) is 7.57. The number of likely N-dealkylation sites (tertiary alicyclic amines) is 1. The fourth-order valence-corrected chi connectivity index (χ4v) is 4.00. The number of hydrogen-bond donors (Lipinski definition) is 1. The van der Waals surface area contributed by atoms with E-state index >= 15 is 0 Å². The maximum atomic E-state index is 12.9. The molecule has 3 rings (SSSR count). The Bertz CT molecular complexity index is 973. The average Bonchev–Trinajstić information content (AvgIpc) is 2.74. The number of amides is 2. The number of methoxy groups -OCH3 is 1. The Morgan fingerprint density at radius 3 is 2.34 bits per heavy atom. The molecule has 0 aliphatic carbocycles. The highest BCUT2D eigenvalue weighted by molar-refractivity contribution is 6.42. The summed E-state index contributed by atoms with van der Waals surface area (Å²) in [5.74, 6) is 0.322. The molecule has 1 fully saturated rings. The lowest BCUT2D eigenvalue weighted by atomic mass is 9.86. The van der Waals surface area contributed by atoms with Crippen LogP contribution < -0.4 is 10.1 Å². The molecule has 1 N–H and O–H groups in total. The molecular formula is C24H28Cl2N2O4. The molecule has 32 heavy (non-hydrogen) atoms. The highest BCUT2D eigenvalue weighted by atomic mass is 35.5. The van der Waals surface area contributed by atoms with E-state index in [0.717, 1.165) is 5.56 Å². The van der Waals surface area contributed by atoms with Gasteiger partial charge in [-0.15, -0.1) is 0 Å². The molecule has 0 spiro atoms. The SMILES string of the molecule is COc1ccc(C(=O)N[C@@H]2CCN(C(=O)OC(C)(C)C)CC2c2ccc(Cl)c(Cl)c2)cc1. The van der Waals surface area contributed by atoms with Crippen LogP contribution in [0.2, 0.25) is 10.0 Å². The topological polar surface area (TPSA) is 67.9 Å². The van der Waals surface area contributed by atoms with E-state index in [-0.39, 0.29) is 24.0 Å². The Morgan fingerprint density at radius 1 is 1.06 bits per heavy atom. The zero-order chi connectivity index (χ0) is 23.5. The Balaban J connectivity index is 1.82. The van der Waals surface area contributed by atoms with Crippen LogP contribution >= 0.6 is 23.2 Å². The van der Waals surface area contributed by atoms with E-state index < -0.39 is 5.60 Å². The summed E-state index contributed by atoms with van der Waals surface area (Å²) in [5.41, 5.74) is 0.844. The number of rotatable bonds is 4. The molecule has 1 aliphatic heterocycles. The van der Waals surface area contributed by atoms with E-state index in [1.165, 1.54) is 0 Å². The third-order valence-electron chi connectivity index (χ3n) is 5.31. The summed E-state index contributed by atoms with van der Waals surface area (Å²) in [4.78, 5) is 27.3. The number of halogens is 2. The van der Waals surface area contributed by atoms with E-state index in [4.69, 9.17) is 32.7 Å². The van der Waals surface area contributed by atoms with Gasteiger partial charge in [-0.25, -0.2) is 4.79 Å². The number of ether oxygens (including phenoxy) is 2. The second-order valence-electron chi connectivity index (χ2n) is 8.80. The van der Waals surface area contributed by atoms with Crippen molar-refractivity contribution in [2.45, 2.75) is 44.8 Å². The molecule has 0 bridgehead atoms. The molecule has 1 saturated heterocycles. The summed E-state index contributed by atoms with van der Waals surface area (Å²) in [7, 11) is 1.58. The molecule has 2 aromatic carbocycles. The molecule has 0 aromatic heterocycles. The first-order valence-electron chi connectivity index (χ1n) is 10.4. The lowest BCUT2D eigenvalue weighted by Crippen LogP contribution is -2.52. The van der Waals surface area contributed by atoms with Gasteiger partial charge in [0.15, 0.2) is 0 Å². The van der Waals surface area contributed by atoms with Crippen molar-refractivity contribution in [2.24, 2.45) is 0 Å². The van der Waals surface area contributed by atoms with Crippen molar-refractivity contribution in [3.05, 3.63) is 63.6 Å². The molecule has 0 radical (unpaired) electrons. The Hall–Kier alpha value is -2.44. The van der Waals surface area contributed by atoms with Crippen LogP contribution in [0.3, 0.4) is 0 Å². The van der Waals surface area contributed by atoms with E-state index in [0.29, 0.717) is 40.9 Å². The van der Waals surface area contributed by atoms with Gasteiger partial charge in [-0.3, -0.25) is 4.79 Å². The highest BCUT2D eigenvalue weighted by Gasteiger charge is 2.35. The quantitative estimate of drug-likeness (QED) is 0.627. The van der Waals surface area contributed by atoms with Crippen LogP contribution in [0.5, 0.6) is 5.75 Å². The monoisotopic (exact) mass is 478 g/mol. The minimum atomic E-state index is -0.588. The van der Waals surface area contributed by atoms with Crippen LogP contribution in [0.15, 0.2) is 42.5 Å². The largest absolute Gasteiger partial charge is 0.497 e. The highest BCUT2D eigenvalue weighted by Crippen LogP contribution is 2.32. The first-order chi connectivity index (χ1) is 15.1. The zero-order valence-corrected chi connectivity index (χ0v) is 20.2. The van der Waals surface area contributed by atoms with Crippen LogP contribution in [0.1, 0.15) is 49.0 Å². The molecule has 1 unspecified atom stereocenters. The van der Waals surface area contributed by atoms with Gasteiger partial charge in [0.1, 0.15) is 11.4 Å². The number of carbonyl (C=O) groups excluding carboxylic acids is 2. The van der Waals surface area contributed by atoms with Gasteiger partial charge in [-0.05, 0) is 69.2 Å². The van der Waals surface area contributed by atoms with Gasteiger partial charge in [0.2, 0.25) is 0 Å². The number of carbonyl (C=O) groups is 2. The number of hydrogen-bond acceptors (Lipinski definition) is 4. The predicted molar refractivity (Wildman–Crippen MR) is 126 cm³/mol. The summed E-state index contributed by atoms with van der Waals surface area (Å²) in [5, 5.41) is 4.01. The van der Waals surface area contributed by atoms with Gasteiger partial charge in [0.05, 0.1) is 17.2 Å². The van der Waals surface area contributed by atoms with Gasteiger partial charge >= 0.3 is 6.09 Å². The van der Waals surface area contributed by atoms with Crippen molar-refractivity contribution in [1.29, 1.82) is 0 Å². The summed E-state index contributed by atoms with van der Waals surface area (Å²) in [6, 6.07) is 12.1. The minimum Gasteiger partial charge on any atom is -0.497 e. The molecule has 2 amide bonds. The maximum Gasteiger partial charge on any atom is 0.410 e. The number of nitrogens with zero attached hydrogens (tertiary/aromatic N) is 1. The van der Waals surface area contributed by atoms with Crippen molar-refractivity contribution >= 4 is 35.2 Å². The third kappa shape index (κ3) is 6.08. The molecule has 6 nitrogen and oxygen atoms in total. The number of benzene rings is 2. The molecule has 2 aromatic rings. The molecule has 1 aliphatic rings. The lowest BCUT2D eigenvalue weighted by Gasteiger charge is -2.39. The summed E-state index contributed by atoms with van der Waals surface area (Å²) in [6.07, 6.45) is 0.203. The second kappa shape index (κ2) is 10.0. The molecule has 172 valence electrons. The van der Waals surface area contributed by atoms with Crippen molar-refractivity contribution in [3.8, 4) is 5.75 Å². The zero-order valence-electron chi connectivity index (χ0n) is 18.7. The second-order valence-corrected chi connectivity index (χ2v) is 9.62. The molecule has 1 heterocycles.